The Morgan fingerprint density at radius 2 is 2.10 bits per heavy atom. The predicted molar refractivity (Wildman–Crippen MR) is 124 cm³/mol. The van der Waals surface area contributed by atoms with Crippen LogP contribution in [0.15, 0.2) is 48.7 Å². The van der Waals surface area contributed by atoms with Gasteiger partial charge in [0.15, 0.2) is 0 Å². The molecule has 1 N–H and O–H groups in total. The molecule has 1 aliphatic heterocycles. The second-order valence-corrected chi connectivity index (χ2v) is 8.90. The molecule has 0 radical (unpaired) electrons. The van der Waals surface area contributed by atoms with E-state index in [4.69, 9.17) is 9.47 Å². The van der Waals surface area contributed by atoms with Gasteiger partial charge in [-0.3, -0.25) is 4.79 Å². The first-order chi connectivity index (χ1) is 15.0. The van der Waals surface area contributed by atoms with Crippen molar-refractivity contribution in [2.75, 3.05) is 31.7 Å². The predicted octanol–water partition coefficient (Wildman–Crippen LogP) is 4.28. The maximum absolute atomic E-state index is 12.7. The molecule has 1 aromatic carbocycles. The topological polar surface area (TPSA) is 63.7 Å². The van der Waals surface area contributed by atoms with Crippen molar-refractivity contribution in [2.45, 2.75) is 26.5 Å². The van der Waals surface area contributed by atoms with Crippen molar-refractivity contribution >= 4 is 23.1 Å². The zero-order chi connectivity index (χ0) is 21.8. The van der Waals surface area contributed by atoms with Gasteiger partial charge in [-0.2, -0.15) is 0 Å². The summed E-state index contributed by atoms with van der Waals surface area (Å²) < 4.78 is 10.8. The summed E-state index contributed by atoms with van der Waals surface area (Å²) >= 11 is 1.51. The molecule has 0 bridgehead atoms. The first-order valence-electron chi connectivity index (χ1n) is 10.4. The number of benzene rings is 1. The van der Waals surface area contributed by atoms with Crippen LogP contribution in [0.5, 0.6) is 5.75 Å². The molecule has 4 rings (SSSR count). The van der Waals surface area contributed by atoms with E-state index in [-0.39, 0.29) is 12.0 Å². The summed E-state index contributed by atoms with van der Waals surface area (Å²) in [7, 11) is 1.65. The van der Waals surface area contributed by atoms with Gasteiger partial charge < -0.3 is 19.7 Å². The summed E-state index contributed by atoms with van der Waals surface area (Å²) in [5.74, 6) is 1.69. The quantitative estimate of drug-likeness (QED) is 0.624. The Hall–Kier alpha value is -2.90. The van der Waals surface area contributed by atoms with Crippen LogP contribution in [0.25, 0.3) is 11.1 Å². The average molecular weight is 438 g/mol. The lowest BCUT2D eigenvalue weighted by Gasteiger charge is -2.32. The Morgan fingerprint density at radius 3 is 2.77 bits per heavy atom. The lowest BCUT2D eigenvalue weighted by Crippen LogP contribution is -2.41. The molecule has 7 heteroatoms. The van der Waals surface area contributed by atoms with E-state index in [0.717, 1.165) is 52.8 Å². The lowest BCUT2D eigenvalue weighted by atomic mass is 10.1. The van der Waals surface area contributed by atoms with Crippen molar-refractivity contribution in [3.8, 4) is 16.9 Å². The molecule has 6 nitrogen and oxygen atoms in total. The highest BCUT2D eigenvalue weighted by molar-refractivity contribution is 7.14. The Labute approximate surface area is 186 Å². The number of aromatic nitrogens is 1. The molecule has 162 valence electrons. The fourth-order valence-electron chi connectivity index (χ4n) is 3.66. The number of nitrogens with one attached hydrogen (secondary N) is 1. The molecule has 0 saturated carbocycles. The lowest BCUT2D eigenvalue weighted by molar-refractivity contribution is 0.0529. The fraction of sp³-hybridized carbons (Fsp3) is 0.333. The molecule has 0 aliphatic carbocycles. The minimum absolute atomic E-state index is 0.0704. The van der Waals surface area contributed by atoms with Crippen LogP contribution >= 0.6 is 11.3 Å². The monoisotopic (exact) mass is 437 g/mol. The first kappa shape index (κ1) is 21.3. The largest absolute Gasteiger partial charge is 0.497 e. The Balaban J connectivity index is 1.37. The summed E-state index contributed by atoms with van der Waals surface area (Å²) in [4.78, 5) is 21.3. The molecule has 1 saturated heterocycles. The molecule has 3 aromatic rings. The van der Waals surface area contributed by atoms with Gasteiger partial charge in [0.25, 0.3) is 5.91 Å². The van der Waals surface area contributed by atoms with Gasteiger partial charge in [0, 0.05) is 30.7 Å². The van der Waals surface area contributed by atoms with Gasteiger partial charge in [-0.1, -0.05) is 18.2 Å². The molecule has 1 amide bonds. The molecule has 31 heavy (non-hydrogen) atoms. The molecule has 1 aliphatic rings. The Kier molecular flexibility index (Phi) is 6.53. The van der Waals surface area contributed by atoms with Crippen LogP contribution in [0, 0.1) is 6.92 Å². The summed E-state index contributed by atoms with van der Waals surface area (Å²) in [6.45, 7) is 6.97. The smallest absolute Gasteiger partial charge is 0.261 e. The van der Waals surface area contributed by atoms with Crippen molar-refractivity contribution in [1.82, 2.24) is 10.3 Å². The van der Waals surface area contributed by atoms with Gasteiger partial charge in [0.1, 0.15) is 11.6 Å². The first-order valence-corrected chi connectivity index (χ1v) is 11.2. The van der Waals surface area contributed by atoms with E-state index >= 15 is 0 Å². The summed E-state index contributed by atoms with van der Waals surface area (Å²) in [6.07, 6.45) is 2.05. The molecule has 1 fully saturated rings. The average Bonchev–Trinajstić information content (AvgIpc) is 3.19. The minimum Gasteiger partial charge on any atom is -0.497 e. The van der Waals surface area contributed by atoms with Crippen LogP contribution in [0.2, 0.25) is 0 Å². The van der Waals surface area contributed by atoms with Crippen molar-refractivity contribution in [2.24, 2.45) is 0 Å². The van der Waals surface area contributed by atoms with Crippen LogP contribution in [0.4, 0.5) is 5.82 Å². The number of rotatable bonds is 6. The van der Waals surface area contributed by atoms with Crippen molar-refractivity contribution in [3.05, 3.63) is 64.0 Å². The number of aryl methyl sites for hydroxylation is 1. The van der Waals surface area contributed by atoms with E-state index in [2.05, 4.69) is 22.1 Å². The Bertz CT molecular complexity index is 1030. The molecule has 2 aromatic heterocycles. The van der Waals surface area contributed by atoms with Crippen LogP contribution in [0.1, 0.15) is 27.0 Å². The number of hydrogen-bond donors (Lipinski definition) is 1. The van der Waals surface area contributed by atoms with E-state index < -0.39 is 0 Å². The standard InChI is InChI=1S/C24H27N3O3S/c1-16-15-27(10-11-30-16)23-9-4-18(13-25-23)14-26-24(28)22-12-21(17(2)31-22)19-5-7-20(29-3)8-6-19/h4-9,12-13,16H,10-11,14-15H2,1-3H3,(H,26,28). The van der Waals surface area contributed by atoms with E-state index in [1.165, 1.54) is 11.3 Å². The summed E-state index contributed by atoms with van der Waals surface area (Å²) in [6, 6.07) is 13.9. The zero-order valence-corrected chi connectivity index (χ0v) is 18.9. The number of nitrogens with zero attached hydrogens (tertiary/aromatic N) is 2. The van der Waals surface area contributed by atoms with Crippen molar-refractivity contribution < 1.29 is 14.3 Å². The van der Waals surface area contributed by atoms with Crippen molar-refractivity contribution in [1.29, 1.82) is 0 Å². The summed E-state index contributed by atoms with van der Waals surface area (Å²) in [5, 5.41) is 3.01. The number of hydrogen-bond acceptors (Lipinski definition) is 6. The third kappa shape index (κ3) is 5.06. The van der Waals surface area contributed by atoms with Gasteiger partial charge in [0.05, 0.1) is 24.7 Å². The van der Waals surface area contributed by atoms with E-state index in [1.54, 1.807) is 7.11 Å². The van der Waals surface area contributed by atoms with Crippen LogP contribution in [0.3, 0.4) is 0 Å². The zero-order valence-electron chi connectivity index (χ0n) is 18.1. The number of carbonyl (C=O) groups excluding carboxylic acids is 1. The fourth-order valence-corrected chi connectivity index (χ4v) is 4.61. The third-order valence-electron chi connectivity index (χ3n) is 5.37. The SMILES string of the molecule is COc1ccc(-c2cc(C(=O)NCc3ccc(N4CCOC(C)C4)nc3)sc2C)cc1. The number of morpholine rings is 1. The second-order valence-electron chi connectivity index (χ2n) is 7.64. The molecular weight excluding hydrogens is 410 g/mol. The van der Waals surface area contributed by atoms with Gasteiger partial charge in [0.2, 0.25) is 0 Å². The van der Waals surface area contributed by atoms with Gasteiger partial charge in [-0.05, 0) is 54.8 Å². The van der Waals surface area contributed by atoms with Crippen LogP contribution in [-0.4, -0.2) is 43.8 Å². The van der Waals surface area contributed by atoms with E-state index in [1.807, 2.05) is 55.6 Å². The molecular formula is C24H27N3O3S. The highest BCUT2D eigenvalue weighted by Gasteiger charge is 2.18. The maximum atomic E-state index is 12.7. The second kappa shape index (κ2) is 9.49. The van der Waals surface area contributed by atoms with E-state index in [0.29, 0.717) is 11.4 Å². The number of amides is 1. The normalized spacial score (nSPS) is 16.2. The number of anilines is 1. The summed E-state index contributed by atoms with van der Waals surface area (Å²) in [5.41, 5.74) is 3.12. The van der Waals surface area contributed by atoms with Crippen LogP contribution < -0.4 is 15.0 Å². The molecule has 0 spiro atoms. The number of methoxy groups -OCH3 is 1. The highest BCUT2D eigenvalue weighted by atomic mass is 32.1. The van der Waals surface area contributed by atoms with Gasteiger partial charge in [-0.15, -0.1) is 11.3 Å². The Morgan fingerprint density at radius 1 is 1.29 bits per heavy atom. The van der Waals surface area contributed by atoms with Gasteiger partial charge in [-0.25, -0.2) is 4.98 Å². The van der Waals surface area contributed by atoms with Gasteiger partial charge >= 0.3 is 0 Å². The maximum Gasteiger partial charge on any atom is 0.261 e. The van der Waals surface area contributed by atoms with E-state index in [9.17, 15) is 4.79 Å². The molecule has 3 heterocycles. The molecule has 1 atom stereocenters. The number of thiophene rings is 1. The third-order valence-corrected chi connectivity index (χ3v) is 6.42. The van der Waals surface area contributed by atoms with Crippen LogP contribution in [-0.2, 0) is 11.3 Å². The number of pyridine rings is 1. The minimum atomic E-state index is -0.0704. The van der Waals surface area contributed by atoms with Crippen molar-refractivity contribution in [3.63, 3.8) is 0 Å². The number of carbonyl (C=O) groups is 1. The highest BCUT2D eigenvalue weighted by Crippen LogP contribution is 2.32. The molecule has 1 unspecified atom stereocenters. The number of ether oxygens (including phenoxy) is 2.